The average Bonchev–Trinajstić information content (AvgIpc) is 3.30. The summed E-state index contributed by atoms with van der Waals surface area (Å²) in [6.07, 6.45) is 69.9. The Hall–Kier alpha value is 0.434. The number of hydrogen-bond acceptors (Lipinski definition) is 3. The molecule has 0 aliphatic heterocycles. The van der Waals surface area contributed by atoms with E-state index in [1.54, 1.807) is 0 Å². The van der Waals surface area contributed by atoms with E-state index < -0.39 is 16.1 Å². The van der Waals surface area contributed by atoms with Gasteiger partial charge in [0.15, 0.2) is 0 Å². The van der Waals surface area contributed by atoms with Crippen LogP contribution in [0, 0.1) is 0 Å². The van der Waals surface area contributed by atoms with Gasteiger partial charge in [-0.2, -0.15) is 0 Å². The van der Waals surface area contributed by atoms with E-state index in [1.165, 1.54) is 308 Å². The van der Waals surface area contributed by atoms with Crippen LogP contribution in [0.25, 0.3) is 0 Å². The normalized spacial score (nSPS) is 12.3. The van der Waals surface area contributed by atoms with Gasteiger partial charge in [-0.25, -0.2) is 0 Å². The van der Waals surface area contributed by atoms with Crippen molar-refractivity contribution in [3.8, 4) is 0 Å². The minimum atomic E-state index is -4.84. The number of unbranched alkanes of at least 4 members (excludes halogenated alkanes) is 48. The zero-order valence-electron chi connectivity index (χ0n) is 45.3. The topological polar surface area (TPSA) is 35.5 Å². The van der Waals surface area contributed by atoms with Crippen molar-refractivity contribution >= 4 is 0 Å². The Balaban J connectivity index is 5.08. The zero-order valence-corrected chi connectivity index (χ0v) is 46.9. The number of rotatable bonds is 58. The minimum absolute atomic E-state index is 0.647. The predicted molar refractivity (Wildman–Crippen MR) is 285 cm³/mol. The van der Waals surface area contributed by atoms with E-state index in [2.05, 4.69) is 27.7 Å². The summed E-state index contributed by atoms with van der Waals surface area (Å²) in [4.78, 5) is 0. The van der Waals surface area contributed by atoms with Gasteiger partial charge >= 0.3 is 318 Å². The van der Waals surface area contributed by atoms with Gasteiger partial charge in [0.1, 0.15) is 0 Å². The van der Waals surface area contributed by atoms with Crippen LogP contribution in [0.3, 0.4) is 0 Å². The summed E-state index contributed by atoms with van der Waals surface area (Å²) < 4.78 is 30.8. The molecule has 0 aliphatic carbocycles. The molecule has 0 radical (unpaired) electrons. The van der Waals surface area contributed by atoms with E-state index in [9.17, 15) is 0 Å². The van der Waals surface area contributed by atoms with Gasteiger partial charge in [-0.05, 0) is 0 Å². The maximum absolute atomic E-state index is 15.7. The first kappa shape index (κ1) is 64.4. The van der Waals surface area contributed by atoms with Crippen molar-refractivity contribution in [3.05, 3.63) is 0 Å². The minimum Gasteiger partial charge on any atom is -0.0654 e. The fourth-order valence-corrected chi connectivity index (χ4v) is 16.5. The van der Waals surface area contributed by atoms with Gasteiger partial charge in [0, 0.05) is 0 Å². The summed E-state index contributed by atoms with van der Waals surface area (Å²) in [5.41, 5.74) is 0. The first-order valence-corrected chi connectivity index (χ1v) is 34.8. The van der Waals surface area contributed by atoms with Crippen LogP contribution in [0.4, 0.5) is 0 Å². The predicted octanol–water partition coefficient (Wildman–Crippen LogP) is 23.1. The Morgan fingerprint density at radius 1 is 0.203 bits per heavy atom. The molecule has 0 fully saturated rings. The van der Waals surface area contributed by atoms with Crippen LogP contribution in [-0.4, -0.2) is 13.2 Å². The molecule has 0 atom stereocenters. The molecule has 3 nitrogen and oxygen atoms in total. The van der Waals surface area contributed by atoms with Crippen LogP contribution >= 0.6 is 0 Å². The summed E-state index contributed by atoms with van der Waals surface area (Å²) >= 11 is -4.84. The van der Waals surface area contributed by atoms with Crippen molar-refractivity contribution < 1.29 is 26.0 Å². The second-order valence-electron chi connectivity index (χ2n) is 21.5. The van der Waals surface area contributed by atoms with Gasteiger partial charge in [0.05, 0.1) is 0 Å². The van der Waals surface area contributed by atoms with E-state index >= 15 is 3.32 Å². The molecule has 0 saturated heterocycles. The molecule has 0 aliphatic rings. The third kappa shape index (κ3) is 47.5. The molecule has 0 heterocycles. The van der Waals surface area contributed by atoms with Gasteiger partial charge in [0.2, 0.25) is 0 Å². The van der Waals surface area contributed by atoms with Gasteiger partial charge in [0.25, 0.3) is 0 Å². The van der Waals surface area contributed by atoms with E-state index in [0.717, 1.165) is 25.7 Å². The van der Waals surface area contributed by atoms with Crippen molar-refractivity contribution in [1.29, 1.82) is 0 Å². The monoisotopic (exact) mass is 941 g/mol. The van der Waals surface area contributed by atoms with Gasteiger partial charge in [-0.15, -0.1) is 0 Å². The molecule has 0 aromatic rings. The molecule has 0 amide bonds. The summed E-state index contributed by atoms with van der Waals surface area (Å²) in [6, 6.07) is 0. The molecule has 64 heavy (non-hydrogen) atoms. The second-order valence-corrected chi connectivity index (χ2v) is 28.3. The molecule has 0 saturated carbocycles. The first-order valence-electron chi connectivity index (χ1n) is 30.7. The van der Waals surface area contributed by atoms with Crippen molar-refractivity contribution in [2.24, 2.45) is 0 Å². The summed E-state index contributed by atoms with van der Waals surface area (Å²) in [7, 11) is 0. The SMILES string of the molecule is CCCCCCCCCCCCCCC[O][Ti](=[O])([CH2]CCCCCCCCCCCCCC)([CH2]CCCCCCCCCCCCCC)[O]CCCCCCCCCCCCCCC. The molecular weight excluding hydrogens is 817 g/mol. The Labute approximate surface area is 408 Å². The van der Waals surface area contributed by atoms with E-state index in [-0.39, 0.29) is 0 Å². The quantitative estimate of drug-likeness (QED) is 0.0450. The van der Waals surface area contributed by atoms with Crippen molar-refractivity contribution in [2.75, 3.05) is 13.2 Å². The van der Waals surface area contributed by atoms with E-state index in [0.29, 0.717) is 22.7 Å². The third-order valence-corrected chi connectivity index (χ3v) is 21.6. The van der Waals surface area contributed by atoms with Crippen LogP contribution in [-0.2, 0) is 26.0 Å². The summed E-state index contributed by atoms with van der Waals surface area (Å²) in [5, 5.41) is 0. The first-order chi connectivity index (χ1) is 31.5. The second kappa shape index (κ2) is 52.8. The molecule has 0 rings (SSSR count). The molecule has 0 unspecified atom stereocenters. The Morgan fingerprint density at radius 3 is 0.516 bits per heavy atom. The average molecular weight is 942 g/mol. The van der Waals surface area contributed by atoms with Gasteiger partial charge < -0.3 is 0 Å². The fraction of sp³-hybridized carbons (Fsp3) is 1.00. The van der Waals surface area contributed by atoms with E-state index in [1.807, 2.05) is 0 Å². The Kier molecular flexibility index (Phi) is 53.2. The van der Waals surface area contributed by atoms with Crippen molar-refractivity contribution in [2.45, 2.75) is 371 Å². The molecular formula is C60H124O3Ti. The molecule has 0 bridgehead atoms. The van der Waals surface area contributed by atoms with Crippen LogP contribution in [0.2, 0.25) is 9.45 Å². The van der Waals surface area contributed by atoms with E-state index in [4.69, 9.17) is 6.64 Å². The van der Waals surface area contributed by atoms with Gasteiger partial charge in [-0.1, -0.05) is 91.9 Å². The van der Waals surface area contributed by atoms with Crippen LogP contribution in [0.5, 0.6) is 0 Å². The van der Waals surface area contributed by atoms with Crippen LogP contribution < -0.4 is 0 Å². The molecule has 386 valence electrons. The summed E-state index contributed by atoms with van der Waals surface area (Å²) in [6.45, 7) is 10.5. The molecule has 0 spiro atoms. The van der Waals surface area contributed by atoms with Crippen molar-refractivity contribution in [1.82, 2.24) is 0 Å². The third-order valence-electron chi connectivity index (χ3n) is 14.9. The zero-order chi connectivity index (χ0) is 46.5. The fourth-order valence-electron chi connectivity index (χ4n) is 10.3. The van der Waals surface area contributed by atoms with Crippen molar-refractivity contribution in [3.63, 3.8) is 0 Å². The maximum atomic E-state index is 15.7. The Morgan fingerprint density at radius 2 is 0.344 bits per heavy atom. The number of hydrogen-bond donors (Lipinski definition) is 0. The molecule has 0 aromatic heterocycles. The van der Waals surface area contributed by atoms with Gasteiger partial charge in [-0.3, -0.25) is 0 Å². The molecule has 0 aromatic carbocycles. The molecule has 0 N–H and O–H groups in total. The smallest absolute Gasteiger partial charge is 0.0654 e. The van der Waals surface area contributed by atoms with Crippen LogP contribution in [0.1, 0.15) is 362 Å². The standard InChI is InChI=1S/2C15H31O.2C15H31.O.Ti/c2*1-2-3-4-5-6-7-8-9-10-11-12-13-14-15-16;2*1-3-5-7-9-11-13-15-14-12-10-8-6-4-2;;/h2*2-15H2,1H3;2*1,3-15H2,2H3;;/q2*-1;;;;+2. The van der Waals surface area contributed by atoms with Crippen LogP contribution in [0.15, 0.2) is 0 Å². The summed E-state index contributed by atoms with van der Waals surface area (Å²) in [5.74, 6) is 0. The Bertz CT molecular complexity index is 847. The molecule has 4 heteroatoms.